The van der Waals surface area contributed by atoms with Crippen LogP contribution in [0.3, 0.4) is 0 Å². The lowest BCUT2D eigenvalue weighted by molar-refractivity contribution is -0.114. The highest BCUT2D eigenvalue weighted by molar-refractivity contribution is 9.10. The van der Waals surface area contributed by atoms with Crippen molar-refractivity contribution in [3.8, 4) is 0 Å². The highest BCUT2D eigenvalue weighted by atomic mass is 79.9. The Hall–Kier alpha value is -1.80. The van der Waals surface area contributed by atoms with E-state index in [0.717, 1.165) is 10.2 Å². The number of anilines is 2. The van der Waals surface area contributed by atoms with Gasteiger partial charge in [0.1, 0.15) is 0 Å². The van der Waals surface area contributed by atoms with Crippen LogP contribution in [0.2, 0.25) is 0 Å². The van der Waals surface area contributed by atoms with Crippen molar-refractivity contribution in [1.29, 1.82) is 0 Å². The van der Waals surface area contributed by atoms with Gasteiger partial charge in [-0.1, -0.05) is 22.0 Å². The van der Waals surface area contributed by atoms with E-state index in [4.69, 9.17) is 0 Å². The van der Waals surface area contributed by atoms with Crippen LogP contribution in [-0.4, -0.2) is 33.1 Å². The van der Waals surface area contributed by atoms with E-state index in [2.05, 4.69) is 31.7 Å². The number of hydrogen-bond donors (Lipinski definition) is 2. The highest BCUT2D eigenvalue weighted by Crippen LogP contribution is 2.16. The van der Waals surface area contributed by atoms with Crippen LogP contribution in [0.5, 0.6) is 0 Å². The van der Waals surface area contributed by atoms with Crippen molar-refractivity contribution in [3.63, 3.8) is 0 Å². The Bertz CT molecular complexity index is 674. The van der Waals surface area contributed by atoms with Gasteiger partial charge in [0.05, 0.1) is 23.4 Å². The first kappa shape index (κ1) is 16.6. The molecule has 2 aromatic rings. The summed E-state index contributed by atoms with van der Waals surface area (Å²) in [7, 11) is 1.77. The Morgan fingerprint density at radius 3 is 2.50 bits per heavy atom. The summed E-state index contributed by atoms with van der Waals surface area (Å²) in [6, 6.07) is 7.35. The zero-order valence-electron chi connectivity index (χ0n) is 11.9. The number of benzene rings is 1. The third-order valence-electron chi connectivity index (χ3n) is 2.56. The number of carbonyl (C=O) groups excluding carboxylic acids is 2. The molecule has 0 atom stereocenters. The minimum atomic E-state index is -0.159. The van der Waals surface area contributed by atoms with E-state index >= 15 is 0 Å². The van der Waals surface area contributed by atoms with Crippen LogP contribution < -0.4 is 10.6 Å². The summed E-state index contributed by atoms with van der Waals surface area (Å²) >= 11 is 4.60. The van der Waals surface area contributed by atoms with Crippen molar-refractivity contribution >= 4 is 50.9 Å². The van der Waals surface area contributed by atoms with Crippen LogP contribution in [0, 0.1) is 0 Å². The van der Waals surface area contributed by atoms with Gasteiger partial charge in [0.15, 0.2) is 0 Å². The molecule has 0 radical (unpaired) electrons. The average molecular weight is 383 g/mol. The number of amides is 2. The Morgan fingerprint density at radius 2 is 1.91 bits per heavy atom. The predicted octanol–water partition coefficient (Wildman–Crippen LogP) is 2.49. The number of thioether (sulfide) groups is 1. The summed E-state index contributed by atoms with van der Waals surface area (Å²) in [4.78, 5) is 23.5. The number of nitrogens with zero attached hydrogens (tertiary/aromatic N) is 2. The summed E-state index contributed by atoms with van der Waals surface area (Å²) in [6.45, 7) is 0. The van der Waals surface area contributed by atoms with Crippen molar-refractivity contribution < 1.29 is 9.59 Å². The van der Waals surface area contributed by atoms with Gasteiger partial charge in [-0.25, -0.2) is 0 Å². The molecule has 1 aromatic carbocycles. The van der Waals surface area contributed by atoms with Gasteiger partial charge in [-0.2, -0.15) is 5.10 Å². The molecular weight excluding hydrogens is 368 g/mol. The van der Waals surface area contributed by atoms with E-state index in [1.165, 1.54) is 11.8 Å². The van der Waals surface area contributed by atoms with Crippen LogP contribution in [0.25, 0.3) is 0 Å². The number of aryl methyl sites for hydroxylation is 1. The average Bonchev–Trinajstić information content (AvgIpc) is 2.84. The number of nitrogens with one attached hydrogen (secondary N) is 2. The van der Waals surface area contributed by atoms with Crippen molar-refractivity contribution in [2.45, 2.75) is 0 Å². The largest absolute Gasteiger partial charge is 0.325 e. The van der Waals surface area contributed by atoms with Crippen molar-refractivity contribution in [3.05, 3.63) is 41.1 Å². The fourth-order valence-electron chi connectivity index (χ4n) is 1.68. The monoisotopic (exact) mass is 382 g/mol. The van der Waals surface area contributed by atoms with Gasteiger partial charge in [-0.05, 0) is 18.2 Å². The van der Waals surface area contributed by atoms with Gasteiger partial charge in [0.25, 0.3) is 0 Å². The van der Waals surface area contributed by atoms with E-state index in [1.807, 2.05) is 24.3 Å². The minimum Gasteiger partial charge on any atom is -0.325 e. The molecule has 2 N–H and O–H groups in total. The highest BCUT2D eigenvalue weighted by Gasteiger charge is 2.07. The van der Waals surface area contributed by atoms with Gasteiger partial charge in [0.2, 0.25) is 11.8 Å². The number of hydrogen-bond acceptors (Lipinski definition) is 4. The molecule has 0 aliphatic heterocycles. The van der Waals surface area contributed by atoms with Gasteiger partial charge in [0, 0.05) is 23.4 Å². The molecule has 2 rings (SSSR count). The third kappa shape index (κ3) is 5.53. The van der Waals surface area contributed by atoms with E-state index in [-0.39, 0.29) is 23.3 Å². The third-order valence-corrected chi connectivity index (χ3v) is 3.99. The standard InChI is InChI=1S/C14H15BrN4O2S/c1-19-7-12(6-16-19)18-14(21)9-22-8-13(20)17-11-4-2-3-10(15)5-11/h2-7H,8-9H2,1H3,(H,17,20)(H,18,21). The summed E-state index contributed by atoms with van der Waals surface area (Å²) in [5, 5.41) is 9.45. The fraction of sp³-hybridized carbons (Fsp3) is 0.214. The maximum absolute atomic E-state index is 11.8. The Balaban J connectivity index is 1.69. The van der Waals surface area contributed by atoms with E-state index in [9.17, 15) is 9.59 Å². The van der Waals surface area contributed by atoms with Crippen LogP contribution in [0.1, 0.15) is 0 Å². The fourth-order valence-corrected chi connectivity index (χ4v) is 2.70. The Morgan fingerprint density at radius 1 is 1.23 bits per heavy atom. The van der Waals surface area contributed by atoms with E-state index in [0.29, 0.717) is 5.69 Å². The zero-order chi connectivity index (χ0) is 15.9. The lowest BCUT2D eigenvalue weighted by atomic mass is 10.3. The molecule has 1 heterocycles. The van der Waals surface area contributed by atoms with Gasteiger partial charge in [-0.15, -0.1) is 11.8 Å². The summed E-state index contributed by atoms with van der Waals surface area (Å²) in [5.41, 5.74) is 1.37. The topological polar surface area (TPSA) is 76.0 Å². The zero-order valence-corrected chi connectivity index (χ0v) is 14.3. The molecule has 0 bridgehead atoms. The summed E-state index contributed by atoms with van der Waals surface area (Å²) in [6.07, 6.45) is 3.28. The van der Waals surface area contributed by atoms with Crippen LogP contribution in [0.15, 0.2) is 41.1 Å². The molecule has 0 aliphatic rings. The first-order chi connectivity index (χ1) is 10.5. The Labute approximate surface area is 140 Å². The molecule has 0 unspecified atom stereocenters. The quantitative estimate of drug-likeness (QED) is 0.804. The number of carbonyl (C=O) groups is 2. The molecule has 116 valence electrons. The van der Waals surface area contributed by atoms with Gasteiger partial charge >= 0.3 is 0 Å². The maximum Gasteiger partial charge on any atom is 0.234 e. The first-order valence-electron chi connectivity index (χ1n) is 6.44. The maximum atomic E-state index is 11.8. The molecule has 1 aromatic heterocycles. The van der Waals surface area contributed by atoms with Crippen molar-refractivity contribution in [2.75, 3.05) is 22.1 Å². The molecule has 6 nitrogen and oxygen atoms in total. The molecular formula is C14H15BrN4O2S. The van der Waals surface area contributed by atoms with Crippen LogP contribution in [-0.2, 0) is 16.6 Å². The molecule has 0 saturated heterocycles. The van der Waals surface area contributed by atoms with Crippen LogP contribution in [0.4, 0.5) is 11.4 Å². The molecule has 8 heteroatoms. The second-order valence-corrected chi connectivity index (χ2v) is 6.40. The van der Waals surface area contributed by atoms with Crippen LogP contribution >= 0.6 is 27.7 Å². The number of rotatable bonds is 6. The lowest BCUT2D eigenvalue weighted by Gasteiger charge is -2.05. The van der Waals surface area contributed by atoms with Gasteiger partial charge < -0.3 is 10.6 Å². The van der Waals surface area contributed by atoms with Crippen molar-refractivity contribution in [1.82, 2.24) is 9.78 Å². The van der Waals surface area contributed by atoms with E-state index < -0.39 is 0 Å². The summed E-state index contributed by atoms with van der Waals surface area (Å²) in [5.74, 6) is 0.124. The SMILES string of the molecule is Cn1cc(NC(=O)CSCC(=O)Nc2cccc(Br)c2)cn1. The second-order valence-electron chi connectivity index (χ2n) is 4.50. The molecule has 2 amide bonds. The molecule has 0 aliphatic carbocycles. The predicted molar refractivity (Wildman–Crippen MR) is 91.9 cm³/mol. The molecule has 0 spiro atoms. The van der Waals surface area contributed by atoms with Gasteiger partial charge in [-0.3, -0.25) is 14.3 Å². The number of halogens is 1. The number of aromatic nitrogens is 2. The first-order valence-corrected chi connectivity index (χ1v) is 8.39. The lowest BCUT2D eigenvalue weighted by Crippen LogP contribution is -2.18. The molecule has 22 heavy (non-hydrogen) atoms. The smallest absolute Gasteiger partial charge is 0.234 e. The molecule has 0 fully saturated rings. The Kier molecular flexibility index (Phi) is 6.02. The summed E-state index contributed by atoms with van der Waals surface area (Å²) < 4.78 is 2.50. The second kappa shape index (κ2) is 8.00. The van der Waals surface area contributed by atoms with Crippen molar-refractivity contribution in [2.24, 2.45) is 7.05 Å². The van der Waals surface area contributed by atoms with E-state index in [1.54, 1.807) is 24.1 Å². The minimum absolute atomic E-state index is 0.141. The molecule has 0 saturated carbocycles. The normalized spacial score (nSPS) is 10.3.